The molecule has 0 saturated heterocycles. The summed E-state index contributed by atoms with van der Waals surface area (Å²) in [5.41, 5.74) is 23.1. The van der Waals surface area contributed by atoms with Gasteiger partial charge < -0.3 is 85.6 Å². The summed E-state index contributed by atoms with van der Waals surface area (Å²) in [5.74, 6) is -13.4. The van der Waals surface area contributed by atoms with E-state index < -0.39 is 146 Å². The summed E-state index contributed by atoms with van der Waals surface area (Å²) in [6.45, 7) is 2.25. The Kier molecular flexibility index (Phi) is 26.2. The number of nitrogens with zero attached hydrogens (tertiary/aromatic N) is 1. The monoisotopic (exact) mass is 1050 g/mol. The standard InChI is InChI=1S/C44H67N13O15S/c1-21(2)15-28(53-42(70)32(20-58)57-37(65)26(10-11-34(60)61)51-36(64)24(45)12-14-73-3)38(66)55-30(17-33(46)59)40(68)56-31(18-35(62)63)41(69)54-29(16-22-19-50-25-8-5-4-7-23(22)25)39(67)52-27(43(71)72)9-6-13-49-44(47)48/h4-5,7-8,19,21,24,26-32,50,58H,6,9-18,20,45H2,1-3H3,(H2,46,59)(H,51,64)(H,52,67)(H,53,70)(H,54,69)(H,55,66)(H,56,68)(H,57,65)(H,60,61)(H,62,63)(H,71,72)(H4,47,48,49)/t24-,26-,27-,28-,29-,30-,31-,32-/m0/s1. The minimum absolute atomic E-state index is 0.0275. The molecule has 0 saturated carbocycles. The van der Waals surface area contributed by atoms with E-state index in [1.54, 1.807) is 44.4 Å². The van der Waals surface area contributed by atoms with Crippen LogP contribution in [0.3, 0.4) is 0 Å². The predicted molar refractivity (Wildman–Crippen MR) is 264 cm³/mol. The van der Waals surface area contributed by atoms with Gasteiger partial charge in [-0.25, -0.2) is 4.79 Å². The molecule has 0 aliphatic heterocycles. The van der Waals surface area contributed by atoms with E-state index in [-0.39, 0.29) is 50.5 Å². The first-order valence-corrected chi connectivity index (χ1v) is 24.3. The van der Waals surface area contributed by atoms with Crippen molar-refractivity contribution in [1.29, 1.82) is 0 Å². The van der Waals surface area contributed by atoms with Crippen molar-refractivity contribution in [1.82, 2.24) is 42.2 Å². The van der Waals surface area contributed by atoms with E-state index in [1.807, 2.05) is 0 Å². The second-order valence-electron chi connectivity index (χ2n) is 17.2. The van der Waals surface area contributed by atoms with E-state index in [0.717, 1.165) is 0 Å². The normalized spacial score (nSPS) is 14.3. The van der Waals surface area contributed by atoms with Crippen LogP contribution in [0.1, 0.15) is 70.8 Å². The van der Waals surface area contributed by atoms with Gasteiger partial charge in [0.15, 0.2) is 5.96 Å². The van der Waals surface area contributed by atoms with E-state index in [0.29, 0.717) is 22.2 Å². The lowest BCUT2D eigenvalue weighted by Crippen LogP contribution is -2.61. The number of aromatic nitrogens is 1. The Hall–Kier alpha value is -7.53. The van der Waals surface area contributed by atoms with Crippen molar-refractivity contribution >= 4 is 93.8 Å². The summed E-state index contributed by atoms with van der Waals surface area (Å²) in [6.07, 6.45) is -0.0182. The van der Waals surface area contributed by atoms with Gasteiger partial charge in [0.25, 0.3) is 0 Å². The number of carboxylic acids is 3. The molecule has 29 heteroatoms. The molecule has 2 rings (SSSR count). The summed E-state index contributed by atoms with van der Waals surface area (Å²) in [6, 6.07) is -6.12. The van der Waals surface area contributed by atoms with Gasteiger partial charge in [0, 0.05) is 36.5 Å². The van der Waals surface area contributed by atoms with Crippen molar-refractivity contribution in [3.05, 3.63) is 36.0 Å². The van der Waals surface area contributed by atoms with Gasteiger partial charge in [0.1, 0.15) is 42.3 Å². The zero-order valence-corrected chi connectivity index (χ0v) is 41.3. The lowest BCUT2D eigenvalue weighted by molar-refractivity contribution is -0.143. The first-order chi connectivity index (χ1) is 34.4. The molecule has 0 bridgehead atoms. The Morgan fingerprint density at radius 3 is 1.73 bits per heavy atom. The van der Waals surface area contributed by atoms with Crippen molar-refractivity contribution in [3.8, 4) is 0 Å². The molecule has 404 valence electrons. The van der Waals surface area contributed by atoms with Gasteiger partial charge in [-0.05, 0) is 61.7 Å². The molecular formula is C44H67N13O15S. The number of rotatable bonds is 34. The number of primary amides is 1. The molecule has 20 N–H and O–H groups in total. The number of carbonyl (C=O) groups excluding carboxylic acids is 8. The molecule has 0 unspecified atom stereocenters. The highest BCUT2D eigenvalue weighted by Gasteiger charge is 2.36. The lowest BCUT2D eigenvalue weighted by atomic mass is 10.0. The number of hydrogen-bond acceptors (Lipinski definition) is 15. The molecular weight excluding hydrogens is 983 g/mol. The summed E-state index contributed by atoms with van der Waals surface area (Å²) < 4.78 is 0. The maximum Gasteiger partial charge on any atom is 0.326 e. The molecule has 0 spiro atoms. The van der Waals surface area contributed by atoms with E-state index in [1.165, 1.54) is 18.0 Å². The zero-order chi connectivity index (χ0) is 54.9. The number of carboxylic acid groups (broad SMARTS) is 3. The fraction of sp³-hybridized carbons (Fsp3) is 0.545. The van der Waals surface area contributed by atoms with Gasteiger partial charge in [-0.2, -0.15) is 11.8 Å². The number of aromatic amines is 1. The van der Waals surface area contributed by atoms with Crippen LogP contribution >= 0.6 is 11.8 Å². The SMILES string of the molecule is CSCC[C@H](N)C(=O)N[C@@H](CCC(=O)O)C(=O)N[C@@H](CO)C(=O)N[C@@H](CC(C)C)C(=O)N[C@@H](CC(N)=O)C(=O)N[C@@H](CC(=O)O)C(=O)N[C@@H](Cc1c[nH]c2ccccc12)C(=O)N[C@@H](CCCN=C(N)N)C(=O)O. The molecule has 28 nitrogen and oxygen atoms in total. The Morgan fingerprint density at radius 2 is 1.16 bits per heavy atom. The zero-order valence-electron chi connectivity index (χ0n) is 40.5. The number of aliphatic carboxylic acids is 3. The van der Waals surface area contributed by atoms with Crippen molar-refractivity contribution in [2.75, 3.05) is 25.2 Å². The minimum atomic E-state index is -2.01. The molecule has 0 aliphatic rings. The minimum Gasteiger partial charge on any atom is -0.481 e. The van der Waals surface area contributed by atoms with Crippen LogP contribution in [0.5, 0.6) is 0 Å². The third-order valence-corrected chi connectivity index (χ3v) is 11.4. The average molecular weight is 1050 g/mol. The molecule has 0 aliphatic carbocycles. The lowest BCUT2D eigenvalue weighted by Gasteiger charge is -2.27. The van der Waals surface area contributed by atoms with E-state index in [9.17, 15) is 73.2 Å². The van der Waals surface area contributed by atoms with E-state index in [2.05, 4.69) is 47.2 Å². The Balaban J connectivity index is 2.40. The number of benzene rings is 1. The largest absolute Gasteiger partial charge is 0.481 e. The van der Waals surface area contributed by atoms with E-state index >= 15 is 0 Å². The van der Waals surface area contributed by atoms with Gasteiger partial charge in [0.2, 0.25) is 47.3 Å². The maximum atomic E-state index is 14.0. The third-order valence-electron chi connectivity index (χ3n) is 10.7. The number of amides is 8. The number of guanidine groups is 1. The first kappa shape index (κ1) is 61.6. The van der Waals surface area contributed by atoms with Crippen LogP contribution in [0.15, 0.2) is 35.5 Å². The van der Waals surface area contributed by atoms with E-state index in [4.69, 9.17) is 22.9 Å². The quantitative estimate of drug-likeness (QED) is 0.0179. The molecule has 8 atom stereocenters. The smallest absolute Gasteiger partial charge is 0.326 e. The van der Waals surface area contributed by atoms with Crippen molar-refractivity contribution in [3.63, 3.8) is 0 Å². The number of aliphatic hydroxyl groups is 1. The van der Waals surface area contributed by atoms with Crippen LogP contribution in [0, 0.1) is 5.92 Å². The molecule has 8 amide bonds. The Bertz CT molecular complexity index is 2310. The van der Waals surface area contributed by atoms with Gasteiger partial charge in [-0.3, -0.25) is 52.9 Å². The number of H-pyrrole nitrogens is 1. The van der Waals surface area contributed by atoms with Gasteiger partial charge in [-0.15, -0.1) is 0 Å². The van der Waals surface area contributed by atoms with Crippen molar-refractivity contribution in [2.24, 2.45) is 33.8 Å². The van der Waals surface area contributed by atoms with Gasteiger partial charge in [-0.1, -0.05) is 32.0 Å². The Labute approximate surface area is 423 Å². The fourth-order valence-electron chi connectivity index (χ4n) is 7.01. The molecule has 73 heavy (non-hydrogen) atoms. The molecule has 0 radical (unpaired) electrons. The number of nitrogens with two attached hydrogens (primary N) is 4. The topological polar surface area (TPSA) is 485 Å². The van der Waals surface area contributed by atoms with Crippen LogP contribution in [0.4, 0.5) is 0 Å². The number of fused-ring (bicyclic) bond motifs is 1. The second kappa shape index (κ2) is 31.0. The van der Waals surface area contributed by atoms with Crippen LogP contribution in [0.2, 0.25) is 0 Å². The summed E-state index contributed by atoms with van der Waals surface area (Å²) in [4.78, 5) is 150. The summed E-state index contributed by atoms with van der Waals surface area (Å²) in [7, 11) is 0. The molecule has 1 aromatic heterocycles. The summed E-state index contributed by atoms with van der Waals surface area (Å²) >= 11 is 1.41. The van der Waals surface area contributed by atoms with Crippen LogP contribution in [-0.4, -0.2) is 170 Å². The molecule has 1 heterocycles. The van der Waals surface area contributed by atoms with Crippen molar-refractivity contribution in [2.45, 2.75) is 120 Å². The predicted octanol–water partition coefficient (Wildman–Crippen LogP) is -4.42. The second-order valence-corrected chi connectivity index (χ2v) is 18.2. The van der Waals surface area contributed by atoms with Gasteiger partial charge >= 0.3 is 17.9 Å². The number of aliphatic imine (C=N–C) groups is 1. The first-order valence-electron chi connectivity index (χ1n) is 22.9. The number of hydrogen-bond donors (Lipinski definition) is 16. The number of nitrogens with one attached hydrogen (secondary N) is 8. The highest BCUT2D eigenvalue weighted by molar-refractivity contribution is 7.98. The molecule has 0 fully saturated rings. The van der Waals surface area contributed by atoms with Crippen LogP contribution in [-0.2, 0) is 59.2 Å². The average Bonchev–Trinajstić information content (AvgIpc) is 3.72. The highest BCUT2D eigenvalue weighted by Crippen LogP contribution is 2.20. The molecule has 1 aromatic carbocycles. The number of thioether (sulfide) groups is 1. The number of aliphatic hydroxyl groups excluding tert-OH is 1. The summed E-state index contributed by atoms with van der Waals surface area (Å²) in [5, 5.41) is 55.8. The third kappa shape index (κ3) is 22.2. The van der Waals surface area contributed by atoms with Crippen LogP contribution in [0.25, 0.3) is 10.9 Å². The molecule has 2 aromatic rings. The van der Waals surface area contributed by atoms with Gasteiger partial charge in [0.05, 0.1) is 25.5 Å². The van der Waals surface area contributed by atoms with Crippen LogP contribution < -0.4 is 60.2 Å². The fourth-order valence-corrected chi connectivity index (χ4v) is 7.50. The number of para-hydroxylation sites is 1. The maximum absolute atomic E-state index is 14.0. The number of carbonyl (C=O) groups is 11. The highest BCUT2D eigenvalue weighted by atomic mass is 32.2. The Morgan fingerprint density at radius 1 is 0.644 bits per heavy atom. The van der Waals surface area contributed by atoms with Crippen molar-refractivity contribution < 1.29 is 73.2 Å².